The quantitative estimate of drug-likeness (QED) is 0.215. The lowest BCUT2D eigenvalue weighted by Crippen LogP contribution is -2.45. The smallest absolute Gasteiger partial charge is 0.310 e. The van der Waals surface area contributed by atoms with Crippen LogP contribution in [-0.4, -0.2) is 22.2 Å². The number of carbonyl (C=O) groups is 2. The van der Waals surface area contributed by atoms with E-state index in [1.807, 2.05) is 0 Å². The van der Waals surface area contributed by atoms with Crippen LogP contribution < -0.4 is 0 Å². The molecule has 0 radical (unpaired) electrons. The summed E-state index contributed by atoms with van der Waals surface area (Å²) in [7, 11) is 0. The van der Waals surface area contributed by atoms with Gasteiger partial charge in [0, 0.05) is 6.42 Å². The SMILES string of the molecule is CCCCCCCC(C(=O)O)(C(C)C)C(CCCCCCCCC(=O)O)C(C)C. The fourth-order valence-corrected chi connectivity index (χ4v) is 4.97. The summed E-state index contributed by atoms with van der Waals surface area (Å²) in [6.45, 7) is 10.8. The maximum absolute atomic E-state index is 12.5. The highest BCUT2D eigenvalue weighted by Crippen LogP contribution is 2.47. The number of hydrogen-bond acceptors (Lipinski definition) is 2. The van der Waals surface area contributed by atoms with Crippen molar-refractivity contribution in [1.29, 1.82) is 0 Å². The molecule has 0 amide bonds. The van der Waals surface area contributed by atoms with Crippen LogP contribution in [0.4, 0.5) is 0 Å². The molecule has 0 bridgehead atoms. The third-order valence-electron chi connectivity index (χ3n) is 6.74. The first-order valence-electron chi connectivity index (χ1n) is 12.1. The van der Waals surface area contributed by atoms with E-state index in [0.717, 1.165) is 64.2 Å². The van der Waals surface area contributed by atoms with Gasteiger partial charge in [0.15, 0.2) is 0 Å². The van der Waals surface area contributed by atoms with E-state index in [-0.39, 0.29) is 18.3 Å². The zero-order valence-corrected chi connectivity index (χ0v) is 19.8. The van der Waals surface area contributed by atoms with Gasteiger partial charge in [0.05, 0.1) is 5.41 Å². The Balaban J connectivity index is 4.76. The van der Waals surface area contributed by atoms with Crippen molar-refractivity contribution in [1.82, 2.24) is 0 Å². The molecule has 4 heteroatoms. The summed E-state index contributed by atoms with van der Waals surface area (Å²) in [6, 6.07) is 0. The summed E-state index contributed by atoms with van der Waals surface area (Å²) in [4.78, 5) is 23.1. The van der Waals surface area contributed by atoms with Gasteiger partial charge < -0.3 is 10.2 Å². The minimum atomic E-state index is -0.710. The Hall–Kier alpha value is -1.06. The molecule has 0 aromatic rings. The Morgan fingerprint density at radius 2 is 1.28 bits per heavy atom. The van der Waals surface area contributed by atoms with Crippen LogP contribution in [0.5, 0.6) is 0 Å². The van der Waals surface area contributed by atoms with E-state index < -0.39 is 17.4 Å². The average Bonchev–Trinajstić information content (AvgIpc) is 2.63. The van der Waals surface area contributed by atoms with Gasteiger partial charge in [-0.15, -0.1) is 0 Å². The van der Waals surface area contributed by atoms with Gasteiger partial charge in [0.25, 0.3) is 0 Å². The zero-order valence-electron chi connectivity index (χ0n) is 19.8. The topological polar surface area (TPSA) is 74.6 Å². The van der Waals surface area contributed by atoms with Crippen LogP contribution in [0.3, 0.4) is 0 Å². The Morgan fingerprint density at radius 1 is 0.759 bits per heavy atom. The van der Waals surface area contributed by atoms with E-state index in [0.29, 0.717) is 5.92 Å². The first kappa shape index (κ1) is 27.9. The van der Waals surface area contributed by atoms with Gasteiger partial charge in [0.1, 0.15) is 0 Å². The number of rotatable bonds is 19. The fraction of sp³-hybridized carbons (Fsp3) is 0.920. The number of hydrogen-bond donors (Lipinski definition) is 2. The Kier molecular flexibility index (Phi) is 15.2. The monoisotopic (exact) mass is 412 g/mol. The third-order valence-corrected chi connectivity index (χ3v) is 6.74. The lowest BCUT2D eigenvalue weighted by atomic mass is 9.60. The minimum absolute atomic E-state index is 0.134. The number of unbranched alkanes of at least 4 members (excludes halogenated alkanes) is 9. The van der Waals surface area contributed by atoms with Crippen LogP contribution in [0.2, 0.25) is 0 Å². The minimum Gasteiger partial charge on any atom is -0.481 e. The van der Waals surface area contributed by atoms with Gasteiger partial charge in [-0.3, -0.25) is 9.59 Å². The molecule has 0 aliphatic heterocycles. The molecule has 0 saturated heterocycles. The molecule has 172 valence electrons. The first-order valence-corrected chi connectivity index (χ1v) is 12.1. The summed E-state index contributed by atoms with van der Waals surface area (Å²) in [5, 5.41) is 19.0. The lowest BCUT2D eigenvalue weighted by Gasteiger charge is -2.43. The molecule has 2 N–H and O–H groups in total. The summed E-state index contributed by atoms with van der Waals surface area (Å²) in [6.07, 6.45) is 13.9. The van der Waals surface area contributed by atoms with Crippen molar-refractivity contribution >= 4 is 11.9 Å². The van der Waals surface area contributed by atoms with Crippen LogP contribution in [-0.2, 0) is 9.59 Å². The second kappa shape index (κ2) is 15.7. The summed E-state index contributed by atoms with van der Waals surface area (Å²) < 4.78 is 0. The molecule has 0 spiro atoms. The Bertz CT molecular complexity index is 444. The maximum atomic E-state index is 12.5. The van der Waals surface area contributed by atoms with E-state index >= 15 is 0 Å². The highest BCUT2D eigenvalue weighted by Gasteiger charge is 2.48. The molecule has 0 rings (SSSR count). The van der Waals surface area contributed by atoms with Crippen molar-refractivity contribution in [3.05, 3.63) is 0 Å². The van der Waals surface area contributed by atoms with Crippen molar-refractivity contribution in [3.8, 4) is 0 Å². The molecular weight excluding hydrogens is 364 g/mol. The van der Waals surface area contributed by atoms with Crippen molar-refractivity contribution in [2.45, 2.75) is 125 Å². The van der Waals surface area contributed by atoms with Gasteiger partial charge in [-0.05, 0) is 37.0 Å². The second-order valence-corrected chi connectivity index (χ2v) is 9.57. The molecule has 0 aromatic carbocycles. The van der Waals surface area contributed by atoms with Crippen LogP contribution in [0, 0.1) is 23.2 Å². The highest BCUT2D eigenvalue weighted by molar-refractivity contribution is 5.75. The largest absolute Gasteiger partial charge is 0.481 e. The summed E-state index contributed by atoms with van der Waals surface area (Å²) >= 11 is 0. The van der Waals surface area contributed by atoms with Crippen molar-refractivity contribution in [2.24, 2.45) is 23.2 Å². The number of carboxylic acids is 2. The second-order valence-electron chi connectivity index (χ2n) is 9.57. The van der Waals surface area contributed by atoms with E-state index in [4.69, 9.17) is 5.11 Å². The van der Waals surface area contributed by atoms with Gasteiger partial charge in [-0.2, -0.15) is 0 Å². The molecule has 29 heavy (non-hydrogen) atoms. The van der Waals surface area contributed by atoms with E-state index in [1.165, 1.54) is 19.3 Å². The predicted octanol–water partition coefficient (Wildman–Crippen LogP) is 7.55. The van der Waals surface area contributed by atoms with Gasteiger partial charge >= 0.3 is 11.9 Å². The third kappa shape index (κ3) is 10.5. The molecule has 2 unspecified atom stereocenters. The molecule has 0 aliphatic rings. The summed E-state index contributed by atoms with van der Waals surface area (Å²) in [5.74, 6) is -0.610. The van der Waals surface area contributed by atoms with Gasteiger partial charge in [0.2, 0.25) is 0 Å². The molecule has 0 heterocycles. The first-order chi connectivity index (χ1) is 13.7. The Labute approximate surface area is 179 Å². The molecule has 0 saturated carbocycles. The molecule has 0 aliphatic carbocycles. The maximum Gasteiger partial charge on any atom is 0.310 e. The molecule has 0 aromatic heterocycles. The standard InChI is InChI=1S/C25H48O4/c1-6-7-8-13-16-19-25(21(4)5,24(28)29)22(20(2)3)17-14-11-9-10-12-15-18-23(26)27/h20-22H,6-19H2,1-5H3,(H,26,27)(H,28,29). The molecule has 4 nitrogen and oxygen atoms in total. The molecule has 0 fully saturated rings. The van der Waals surface area contributed by atoms with Crippen molar-refractivity contribution in [2.75, 3.05) is 0 Å². The zero-order chi connectivity index (χ0) is 22.3. The lowest BCUT2D eigenvalue weighted by molar-refractivity contribution is -0.160. The van der Waals surface area contributed by atoms with Crippen molar-refractivity contribution in [3.63, 3.8) is 0 Å². The van der Waals surface area contributed by atoms with Crippen LogP contribution in [0.25, 0.3) is 0 Å². The highest BCUT2D eigenvalue weighted by atomic mass is 16.4. The van der Waals surface area contributed by atoms with E-state index in [2.05, 4.69) is 34.6 Å². The molecular formula is C25H48O4. The van der Waals surface area contributed by atoms with Crippen molar-refractivity contribution < 1.29 is 19.8 Å². The fourth-order valence-electron chi connectivity index (χ4n) is 4.97. The Morgan fingerprint density at radius 3 is 1.76 bits per heavy atom. The molecule has 2 atom stereocenters. The van der Waals surface area contributed by atoms with Gasteiger partial charge in [-0.25, -0.2) is 0 Å². The number of carboxylic acid groups (broad SMARTS) is 2. The average molecular weight is 413 g/mol. The number of aliphatic carboxylic acids is 2. The van der Waals surface area contributed by atoms with Gasteiger partial charge in [-0.1, -0.05) is 98.8 Å². The normalized spacial score (nSPS) is 14.9. The van der Waals surface area contributed by atoms with Crippen LogP contribution in [0.1, 0.15) is 125 Å². The van der Waals surface area contributed by atoms with Crippen LogP contribution >= 0.6 is 0 Å². The predicted molar refractivity (Wildman–Crippen MR) is 121 cm³/mol. The van der Waals surface area contributed by atoms with E-state index in [1.54, 1.807) is 0 Å². The van der Waals surface area contributed by atoms with E-state index in [9.17, 15) is 14.7 Å². The summed E-state index contributed by atoms with van der Waals surface area (Å²) in [5.41, 5.74) is -0.623. The van der Waals surface area contributed by atoms with Crippen LogP contribution in [0.15, 0.2) is 0 Å².